The van der Waals surface area contributed by atoms with E-state index in [-0.39, 0.29) is 11.3 Å². The lowest BCUT2D eigenvalue weighted by molar-refractivity contribution is 0.0693. The number of carbonyl (C=O) groups is 2. The highest BCUT2D eigenvalue weighted by atomic mass is 16.5. The number of rotatable bonds is 6. The van der Waals surface area contributed by atoms with Gasteiger partial charge in [-0.05, 0) is 48.5 Å². The van der Waals surface area contributed by atoms with Crippen LogP contribution < -0.4 is 20.1 Å². The Labute approximate surface area is 161 Å². The first-order valence-corrected chi connectivity index (χ1v) is 8.37. The van der Waals surface area contributed by atoms with Gasteiger partial charge < -0.3 is 25.2 Å². The summed E-state index contributed by atoms with van der Waals surface area (Å²) in [7, 11) is 1.37. The Hall–Kier alpha value is -4.00. The standard InChI is InChI=1S/C21H18N2O5/c1-27-19-13-15(9-12-18(19)20(24)25)23-21(26)22-14-7-10-17(11-8-14)28-16-5-3-2-4-6-16/h2-13H,1H3,(H,24,25)(H2,22,23,26). The Balaban J connectivity index is 1.61. The van der Waals surface area contributed by atoms with E-state index in [0.29, 0.717) is 17.1 Å². The third kappa shape index (κ3) is 4.79. The van der Waals surface area contributed by atoms with Crippen LogP contribution in [0, 0.1) is 0 Å². The lowest BCUT2D eigenvalue weighted by atomic mass is 10.2. The number of ether oxygens (including phenoxy) is 2. The number of para-hydroxylation sites is 1. The van der Waals surface area contributed by atoms with Crippen LogP contribution >= 0.6 is 0 Å². The maximum atomic E-state index is 12.2. The van der Waals surface area contributed by atoms with E-state index < -0.39 is 12.0 Å². The van der Waals surface area contributed by atoms with Crippen LogP contribution in [0.25, 0.3) is 0 Å². The van der Waals surface area contributed by atoms with Crippen molar-refractivity contribution in [3.8, 4) is 17.2 Å². The van der Waals surface area contributed by atoms with Crippen molar-refractivity contribution >= 4 is 23.4 Å². The fraction of sp³-hybridized carbons (Fsp3) is 0.0476. The van der Waals surface area contributed by atoms with Gasteiger partial charge in [-0.1, -0.05) is 18.2 Å². The Morgan fingerprint density at radius 1 is 0.821 bits per heavy atom. The topological polar surface area (TPSA) is 96.9 Å². The minimum atomic E-state index is -1.11. The molecule has 0 atom stereocenters. The van der Waals surface area contributed by atoms with Crippen LogP contribution in [0.3, 0.4) is 0 Å². The Kier molecular flexibility index (Phi) is 5.76. The molecule has 0 aliphatic heterocycles. The molecule has 142 valence electrons. The van der Waals surface area contributed by atoms with E-state index in [1.807, 2.05) is 30.3 Å². The molecule has 28 heavy (non-hydrogen) atoms. The first kappa shape index (κ1) is 18.8. The molecule has 3 rings (SSSR count). The number of urea groups is 1. The summed E-state index contributed by atoms with van der Waals surface area (Å²) in [6, 6.07) is 20.1. The van der Waals surface area contributed by atoms with Gasteiger partial charge in [-0.2, -0.15) is 0 Å². The number of carboxylic acid groups (broad SMARTS) is 1. The smallest absolute Gasteiger partial charge is 0.339 e. The van der Waals surface area contributed by atoms with E-state index in [9.17, 15) is 9.59 Å². The van der Waals surface area contributed by atoms with Gasteiger partial charge in [-0.25, -0.2) is 9.59 Å². The first-order chi connectivity index (χ1) is 13.5. The number of aromatic carboxylic acids is 1. The van der Waals surface area contributed by atoms with Crippen molar-refractivity contribution in [2.24, 2.45) is 0 Å². The zero-order chi connectivity index (χ0) is 19.9. The average molecular weight is 378 g/mol. The number of hydrogen-bond donors (Lipinski definition) is 3. The van der Waals surface area contributed by atoms with Crippen LogP contribution in [0.2, 0.25) is 0 Å². The number of carbonyl (C=O) groups excluding carboxylic acids is 1. The lowest BCUT2D eigenvalue weighted by Crippen LogP contribution is -2.19. The zero-order valence-electron chi connectivity index (χ0n) is 15.0. The van der Waals surface area contributed by atoms with E-state index >= 15 is 0 Å². The predicted octanol–water partition coefficient (Wildman–Crippen LogP) is 4.83. The second kappa shape index (κ2) is 8.59. The Morgan fingerprint density at radius 3 is 2.07 bits per heavy atom. The van der Waals surface area contributed by atoms with Crippen molar-refractivity contribution in [3.63, 3.8) is 0 Å². The highest BCUT2D eigenvalue weighted by Crippen LogP contribution is 2.24. The molecule has 3 N–H and O–H groups in total. The monoisotopic (exact) mass is 378 g/mol. The van der Waals surface area contributed by atoms with E-state index in [4.69, 9.17) is 14.6 Å². The van der Waals surface area contributed by atoms with Crippen molar-refractivity contribution in [1.29, 1.82) is 0 Å². The second-order valence-electron chi connectivity index (χ2n) is 5.74. The van der Waals surface area contributed by atoms with Gasteiger partial charge in [-0.3, -0.25) is 0 Å². The van der Waals surface area contributed by atoms with Gasteiger partial charge in [0.15, 0.2) is 0 Å². The fourth-order valence-corrected chi connectivity index (χ4v) is 2.47. The summed E-state index contributed by atoms with van der Waals surface area (Å²) >= 11 is 0. The summed E-state index contributed by atoms with van der Waals surface area (Å²) in [4.78, 5) is 23.3. The summed E-state index contributed by atoms with van der Waals surface area (Å²) in [5, 5.41) is 14.4. The van der Waals surface area contributed by atoms with Gasteiger partial charge in [0.25, 0.3) is 0 Å². The quantitative estimate of drug-likeness (QED) is 0.571. The molecule has 7 heteroatoms. The van der Waals surface area contributed by atoms with Gasteiger partial charge >= 0.3 is 12.0 Å². The van der Waals surface area contributed by atoms with Gasteiger partial charge in [0, 0.05) is 17.4 Å². The molecule has 0 aliphatic carbocycles. The molecular weight excluding hydrogens is 360 g/mol. The molecule has 0 fully saturated rings. The SMILES string of the molecule is COc1cc(NC(=O)Nc2ccc(Oc3ccccc3)cc2)ccc1C(=O)O. The number of nitrogens with one attached hydrogen (secondary N) is 2. The molecule has 3 aromatic rings. The summed E-state index contributed by atoms with van der Waals surface area (Å²) in [5.74, 6) is 0.421. The molecule has 0 radical (unpaired) electrons. The van der Waals surface area contributed by atoms with Crippen LogP contribution in [0.1, 0.15) is 10.4 Å². The van der Waals surface area contributed by atoms with E-state index in [0.717, 1.165) is 5.75 Å². The normalized spacial score (nSPS) is 10.0. The van der Waals surface area contributed by atoms with Crippen molar-refractivity contribution in [2.45, 2.75) is 0 Å². The highest BCUT2D eigenvalue weighted by molar-refractivity contribution is 6.00. The summed E-state index contributed by atoms with van der Waals surface area (Å²) in [5.41, 5.74) is 0.998. The van der Waals surface area contributed by atoms with Crippen LogP contribution in [-0.4, -0.2) is 24.2 Å². The van der Waals surface area contributed by atoms with Crippen LogP contribution in [-0.2, 0) is 0 Å². The number of amides is 2. The molecule has 0 saturated carbocycles. The lowest BCUT2D eigenvalue weighted by Gasteiger charge is -2.11. The number of methoxy groups -OCH3 is 1. The minimum Gasteiger partial charge on any atom is -0.496 e. The molecule has 3 aromatic carbocycles. The summed E-state index contributed by atoms with van der Waals surface area (Å²) < 4.78 is 10.7. The largest absolute Gasteiger partial charge is 0.496 e. The predicted molar refractivity (Wildman–Crippen MR) is 106 cm³/mol. The second-order valence-corrected chi connectivity index (χ2v) is 5.74. The number of anilines is 2. The van der Waals surface area contributed by atoms with Crippen LogP contribution in [0.4, 0.5) is 16.2 Å². The molecule has 7 nitrogen and oxygen atoms in total. The van der Waals surface area contributed by atoms with Gasteiger partial charge in [-0.15, -0.1) is 0 Å². The van der Waals surface area contributed by atoms with Crippen molar-refractivity contribution < 1.29 is 24.2 Å². The molecule has 0 heterocycles. The third-order valence-electron chi connectivity index (χ3n) is 3.78. The fourth-order valence-electron chi connectivity index (χ4n) is 2.47. The minimum absolute atomic E-state index is 0.0162. The maximum Gasteiger partial charge on any atom is 0.339 e. The molecular formula is C21H18N2O5. The highest BCUT2D eigenvalue weighted by Gasteiger charge is 2.12. The average Bonchev–Trinajstić information content (AvgIpc) is 2.70. The van der Waals surface area contributed by atoms with E-state index in [1.165, 1.54) is 25.3 Å². The molecule has 0 saturated heterocycles. The van der Waals surface area contributed by atoms with E-state index in [1.54, 1.807) is 24.3 Å². The molecule has 0 bridgehead atoms. The van der Waals surface area contributed by atoms with E-state index in [2.05, 4.69) is 10.6 Å². The van der Waals surface area contributed by atoms with Gasteiger partial charge in [0.2, 0.25) is 0 Å². The third-order valence-corrected chi connectivity index (χ3v) is 3.78. The molecule has 0 aliphatic rings. The van der Waals surface area contributed by atoms with Crippen molar-refractivity contribution in [2.75, 3.05) is 17.7 Å². The van der Waals surface area contributed by atoms with Crippen molar-refractivity contribution in [3.05, 3.63) is 78.4 Å². The number of benzene rings is 3. The number of hydrogen-bond acceptors (Lipinski definition) is 4. The molecule has 0 unspecified atom stereocenters. The first-order valence-electron chi connectivity index (χ1n) is 8.37. The number of carboxylic acids is 1. The Morgan fingerprint density at radius 2 is 1.43 bits per heavy atom. The van der Waals surface area contributed by atoms with Gasteiger partial charge in [0.05, 0.1) is 7.11 Å². The van der Waals surface area contributed by atoms with Crippen molar-refractivity contribution in [1.82, 2.24) is 0 Å². The molecule has 0 aromatic heterocycles. The summed E-state index contributed by atoms with van der Waals surface area (Å²) in [6.45, 7) is 0. The van der Waals surface area contributed by atoms with Crippen LogP contribution in [0.5, 0.6) is 17.2 Å². The van der Waals surface area contributed by atoms with Gasteiger partial charge in [0.1, 0.15) is 22.8 Å². The summed E-state index contributed by atoms with van der Waals surface area (Å²) in [6.07, 6.45) is 0. The molecule has 0 spiro atoms. The maximum absolute atomic E-state index is 12.2. The Bertz CT molecular complexity index is 972. The molecule has 2 amide bonds. The van der Waals surface area contributed by atoms with Crippen LogP contribution in [0.15, 0.2) is 72.8 Å². The zero-order valence-corrected chi connectivity index (χ0v) is 15.0.